The van der Waals surface area contributed by atoms with Crippen molar-refractivity contribution in [1.82, 2.24) is 24.1 Å². The van der Waals surface area contributed by atoms with Gasteiger partial charge in [-0.2, -0.15) is 0 Å². The Labute approximate surface area is 337 Å². The van der Waals surface area contributed by atoms with E-state index in [2.05, 4.69) is 162 Å². The number of aryl methyl sites for hydroxylation is 1. The second kappa shape index (κ2) is 12.8. The molecule has 12 rings (SSSR count). The minimum absolute atomic E-state index is 0.626. The molecule has 6 heteroatoms. The van der Waals surface area contributed by atoms with Gasteiger partial charge < -0.3 is 9.13 Å². The van der Waals surface area contributed by atoms with Crippen molar-refractivity contribution < 1.29 is 0 Å². The molecule has 0 saturated carbocycles. The number of hydrogen-bond donors (Lipinski definition) is 0. The highest BCUT2D eigenvalue weighted by molar-refractivity contribution is 7.26. The molecule has 0 fully saturated rings. The van der Waals surface area contributed by atoms with Crippen molar-refractivity contribution >= 4 is 75.1 Å². The van der Waals surface area contributed by atoms with Crippen LogP contribution in [-0.4, -0.2) is 24.1 Å². The smallest absolute Gasteiger partial charge is 0.166 e. The number of rotatable bonds is 5. The average Bonchev–Trinajstić information content (AvgIpc) is 3.95. The van der Waals surface area contributed by atoms with Crippen LogP contribution in [0.5, 0.6) is 0 Å². The second-order valence-corrected chi connectivity index (χ2v) is 15.8. The molecule has 0 aliphatic carbocycles. The highest BCUT2D eigenvalue weighted by Crippen LogP contribution is 2.50. The van der Waals surface area contributed by atoms with Crippen molar-refractivity contribution in [2.24, 2.45) is 0 Å². The fourth-order valence-electron chi connectivity index (χ4n) is 9.06. The van der Waals surface area contributed by atoms with Crippen molar-refractivity contribution in [3.8, 4) is 45.5 Å². The Morgan fingerprint density at radius 3 is 1.24 bits per heavy atom. The minimum atomic E-state index is 0.626. The normalized spacial score (nSPS) is 11.9. The summed E-state index contributed by atoms with van der Waals surface area (Å²) in [6.45, 7) is 2.26. The van der Waals surface area contributed by atoms with Crippen LogP contribution in [0.1, 0.15) is 5.56 Å². The highest BCUT2D eigenvalue weighted by Gasteiger charge is 2.30. The van der Waals surface area contributed by atoms with E-state index in [1.165, 1.54) is 41.7 Å². The molecular formula is C52H33N5S. The molecule has 4 aromatic heterocycles. The first kappa shape index (κ1) is 32.8. The summed E-state index contributed by atoms with van der Waals surface area (Å²) in [5.41, 5.74) is 10.6. The van der Waals surface area contributed by atoms with E-state index in [1.807, 2.05) is 47.7 Å². The first-order valence-electron chi connectivity index (χ1n) is 19.5. The zero-order valence-corrected chi connectivity index (χ0v) is 32.3. The van der Waals surface area contributed by atoms with Crippen LogP contribution in [0, 0.1) is 6.92 Å². The number of nitrogens with zero attached hydrogens (tertiary/aromatic N) is 5. The summed E-state index contributed by atoms with van der Waals surface area (Å²) in [4.78, 5) is 16.1. The number of aromatic nitrogens is 5. The summed E-state index contributed by atoms with van der Waals surface area (Å²) < 4.78 is 7.43. The Balaban J connectivity index is 1.36. The summed E-state index contributed by atoms with van der Waals surface area (Å²) in [5.74, 6) is 1.89. The first-order valence-corrected chi connectivity index (χ1v) is 20.4. The van der Waals surface area contributed by atoms with Crippen LogP contribution in [0.2, 0.25) is 0 Å². The lowest BCUT2D eigenvalue weighted by Crippen LogP contribution is -2.10. The Kier molecular flexibility index (Phi) is 7.25. The lowest BCUT2D eigenvalue weighted by molar-refractivity contribution is 1.05. The lowest BCUT2D eigenvalue weighted by atomic mass is 9.96. The van der Waals surface area contributed by atoms with E-state index >= 15 is 0 Å². The van der Waals surface area contributed by atoms with E-state index in [1.54, 1.807) is 0 Å². The molecule has 272 valence electrons. The standard InChI is InChI=1S/C52H33N5S/c1-32-45-39-26-12-17-31-44(39)58-49(45)48(57-42-29-15-10-24-37(42)38-25-11-16-30-43(38)57)47(56-40-27-13-8-22-35(40)36-23-9-14-28-41(36)56)46(32)52-54-50(33-18-4-2-5-19-33)53-51(55-52)34-20-6-3-7-21-34/h2-31H,1H3. The quantitative estimate of drug-likeness (QED) is 0.176. The van der Waals surface area contributed by atoms with Gasteiger partial charge in [0, 0.05) is 53.7 Å². The van der Waals surface area contributed by atoms with Gasteiger partial charge in [-0.25, -0.2) is 15.0 Å². The molecule has 0 radical (unpaired) electrons. The largest absolute Gasteiger partial charge is 0.306 e. The van der Waals surface area contributed by atoms with Gasteiger partial charge in [0.15, 0.2) is 17.5 Å². The molecule has 12 aromatic rings. The topological polar surface area (TPSA) is 48.5 Å². The van der Waals surface area contributed by atoms with Crippen LogP contribution >= 0.6 is 11.3 Å². The number of fused-ring (bicyclic) bond motifs is 9. The van der Waals surface area contributed by atoms with Gasteiger partial charge in [-0.3, -0.25) is 0 Å². The minimum Gasteiger partial charge on any atom is -0.306 e. The van der Waals surface area contributed by atoms with E-state index in [9.17, 15) is 0 Å². The summed E-state index contributed by atoms with van der Waals surface area (Å²) in [7, 11) is 0. The molecule has 0 bridgehead atoms. The number of benzene rings is 8. The van der Waals surface area contributed by atoms with Gasteiger partial charge in [0.2, 0.25) is 0 Å². The van der Waals surface area contributed by atoms with Gasteiger partial charge in [0.1, 0.15) is 0 Å². The predicted molar refractivity (Wildman–Crippen MR) is 242 cm³/mol. The number of thiophene rings is 1. The molecule has 8 aromatic carbocycles. The van der Waals surface area contributed by atoms with Crippen LogP contribution < -0.4 is 0 Å². The molecule has 4 heterocycles. The van der Waals surface area contributed by atoms with Gasteiger partial charge in [0.25, 0.3) is 0 Å². The van der Waals surface area contributed by atoms with Gasteiger partial charge in [-0.15, -0.1) is 11.3 Å². The summed E-state index contributed by atoms with van der Waals surface area (Å²) in [6, 6.07) is 64.5. The van der Waals surface area contributed by atoms with E-state index in [0.717, 1.165) is 55.7 Å². The van der Waals surface area contributed by atoms with Crippen molar-refractivity contribution in [1.29, 1.82) is 0 Å². The fourth-order valence-corrected chi connectivity index (χ4v) is 10.4. The second-order valence-electron chi connectivity index (χ2n) is 14.8. The van der Waals surface area contributed by atoms with E-state index in [0.29, 0.717) is 17.5 Å². The van der Waals surface area contributed by atoms with E-state index in [-0.39, 0.29) is 0 Å². The maximum atomic E-state index is 5.47. The first-order chi connectivity index (χ1) is 28.7. The third kappa shape index (κ3) is 4.79. The van der Waals surface area contributed by atoms with Crippen molar-refractivity contribution in [2.45, 2.75) is 6.92 Å². The molecule has 58 heavy (non-hydrogen) atoms. The maximum Gasteiger partial charge on any atom is 0.166 e. The summed E-state index contributed by atoms with van der Waals surface area (Å²) in [5, 5.41) is 7.23. The molecule has 5 nitrogen and oxygen atoms in total. The summed E-state index contributed by atoms with van der Waals surface area (Å²) >= 11 is 1.86. The molecule has 0 atom stereocenters. The maximum absolute atomic E-state index is 5.47. The third-order valence-electron chi connectivity index (χ3n) is 11.6. The number of hydrogen-bond acceptors (Lipinski definition) is 4. The van der Waals surface area contributed by atoms with Gasteiger partial charge >= 0.3 is 0 Å². The van der Waals surface area contributed by atoms with Crippen LogP contribution in [0.15, 0.2) is 182 Å². The zero-order chi connectivity index (χ0) is 38.3. The van der Waals surface area contributed by atoms with E-state index in [4.69, 9.17) is 15.0 Å². The Morgan fingerprint density at radius 2 is 0.759 bits per heavy atom. The van der Waals surface area contributed by atoms with Crippen molar-refractivity contribution in [3.05, 3.63) is 188 Å². The SMILES string of the molecule is Cc1c(-c2nc(-c3ccccc3)nc(-c3ccccc3)n2)c(-n2c3ccccc3c3ccccc32)c(-n2c3ccccc3c3ccccc32)c2sc3ccccc3c12. The Hall–Kier alpha value is -7.41. The predicted octanol–water partition coefficient (Wildman–Crippen LogP) is 13.7. The van der Waals surface area contributed by atoms with E-state index < -0.39 is 0 Å². The lowest BCUT2D eigenvalue weighted by Gasteiger charge is -2.23. The van der Waals surface area contributed by atoms with Crippen LogP contribution in [0.4, 0.5) is 0 Å². The average molecular weight is 760 g/mol. The summed E-state index contributed by atoms with van der Waals surface area (Å²) in [6.07, 6.45) is 0. The molecule has 0 amide bonds. The Bertz CT molecular complexity index is 3410. The molecule has 0 spiro atoms. The van der Waals surface area contributed by atoms with Crippen molar-refractivity contribution in [3.63, 3.8) is 0 Å². The van der Waals surface area contributed by atoms with Gasteiger partial charge in [-0.05, 0) is 42.8 Å². The van der Waals surface area contributed by atoms with Gasteiger partial charge in [0.05, 0.1) is 38.1 Å². The molecule has 0 saturated heterocycles. The zero-order valence-electron chi connectivity index (χ0n) is 31.5. The molecule has 0 N–H and O–H groups in total. The number of para-hydroxylation sites is 4. The molecular weight excluding hydrogens is 727 g/mol. The van der Waals surface area contributed by atoms with Gasteiger partial charge in [-0.1, -0.05) is 152 Å². The Morgan fingerprint density at radius 1 is 0.379 bits per heavy atom. The van der Waals surface area contributed by atoms with Crippen LogP contribution in [-0.2, 0) is 0 Å². The monoisotopic (exact) mass is 759 g/mol. The van der Waals surface area contributed by atoms with Crippen LogP contribution in [0.3, 0.4) is 0 Å². The highest BCUT2D eigenvalue weighted by atomic mass is 32.1. The third-order valence-corrected chi connectivity index (χ3v) is 12.7. The molecule has 0 aliphatic heterocycles. The molecule has 0 aliphatic rings. The fraction of sp³-hybridized carbons (Fsp3) is 0.0192. The van der Waals surface area contributed by atoms with Crippen molar-refractivity contribution in [2.75, 3.05) is 0 Å². The van der Waals surface area contributed by atoms with Crippen LogP contribution in [0.25, 0.3) is 109 Å². The molecule has 0 unspecified atom stereocenters.